The third-order valence-corrected chi connectivity index (χ3v) is 4.75. The summed E-state index contributed by atoms with van der Waals surface area (Å²) in [5, 5.41) is 3.62. The molecule has 0 bridgehead atoms. The molecular weight excluding hydrogens is 274 g/mol. The van der Waals surface area contributed by atoms with Crippen LogP contribution in [0, 0.1) is 13.8 Å². The molecule has 1 atom stereocenters. The van der Waals surface area contributed by atoms with E-state index in [9.17, 15) is 0 Å². The molecule has 0 saturated carbocycles. The zero-order valence-electron chi connectivity index (χ0n) is 13.2. The molecule has 0 spiro atoms. The molecule has 2 aromatic rings. The molecule has 2 aromatic carbocycles. The zero-order valence-corrected chi connectivity index (χ0v) is 14.0. The van der Waals surface area contributed by atoms with Gasteiger partial charge in [0.15, 0.2) is 0 Å². The van der Waals surface area contributed by atoms with Gasteiger partial charge < -0.3 is 5.32 Å². The van der Waals surface area contributed by atoms with Crippen molar-refractivity contribution in [2.45, 2.75) is 32.6 Å². The maximum absolute atomic E-state index is 3.62. The van der Waals surface area contributed by atoms with Crippen molar-refractivity contribution >= 4 is 11.8 Å². The fourth-order valence-electron chi connectivity index (χ4n) is 2.59. The molecule has 112 valence electrons. The van der Waals surface area contributed by atoms with Crippen LogP contribution < -0.4 is 5.32 Å². The minimum Gasteiger partial charge on any atom is -0.310 e. The van der Waals surface area contributed by atoms with Gasteiger partial charge in [-0.05, 0) is 37.1 Å². The average Bonchev–Trinajstić information content (AvgIpc) is 2.48. The van der Waals surface area contributed by atoms with Crippen LogP contribution in [0.4, 0.5) is 0 Å². The fourth-order valence-corrected chi connectivity index (χ4v) is 3.67. The van der Waals surface area contributed by atoms with E-state index in [0.29, 0.717) is 6.04 Å². The highest BCUT2D eigenvalue weighted by Crippen LogP contribution is 2.24. The third kappa shape index (κ3) is 4.90. The summed E-state index contributed by atoms with van der Waals surface area (Å²) in [6, 6.07) is 17.9. The Morgan fingerprint density at radius 3 is 2.48 bits per heavy atom. The summed E-state index contributed by atoms with van der Waals surface area (Å²) in [6.07, 6.45) is 0. The lowest BCUT2D eigenvalue weighted by atomic mass is 10.0. The highest BCUT2D eigenvalue weighted by atomic mass is 32.2. The molecule has 21 heavy (non-hydrogen) atoms. The summed E-state index contributed by atoms with van der Waals surface area (Å²) in [4.78, 5) is 0. The Balaban J connectivity index is 1.98. The van der Waals surface area contributed by atoms with Crippen molar-refractivity contribution in [2.75, 3.05) is 12.3 Å². The molecule has 1 nitrogen and oxygen atoms in total. The van der Waals surface area contributed by atoms with E-state index in [1.807, 2.05) is 11.8 Å². The Morgan fingerprint density at radius 1 is 1.05 bits per heavy atom. The lowest BCUT2D eigenvalue weighted by molar-refractivity contribution is 0.603. The predicted molar refractivity (Wildman–Crippen MR) is 94.9 cm³/mol. The van der Waals surface area contributed by atoms with Gasteiger partial charge in [-0.1, -0.05) is 61.0 Å². The van der Waals surface area contributed by atoms with Gasteiger partial charge in [0.25, 0.3) is 0 Å². The largest absolute Gasteiger partial charge is 0.310 e. The van der Waals surface area contributed by atoms with Gasteiger partial charge >= 0.3 is 0 Å². The first-order valence-corrected chi connectivity index (χ1v) is 8.78. The molecule has 0 fully saturated rings. The molecule has 0 heterocycles. The van der Waals surface area contributed by atoms with E-state index in [2.05, 4.69) is 74.6 Å². The number of hydrogen-bond donors (Lipinski definition) is 1. The van der Waals surface area contributed by atoms with E-state index in [-0.39, 0.29) is 0 Å². The van der Waals surface area contributed by atoms with Gasteiger partial charge in [0, 0.05) is 17.5 Å². The number of aryl methyl sites for hydroxylation is 2. The van der Waals surface area contributed by atoms with Gasteiger partial charge in [-0.25, -0.2) is 0 Å². The monoisotopic (exact) mass is 299 g/mol. The van der Waals surface area contributed by atoms with Crippen LogP contribution in [0.3, 0.4) is 0 Å². The fraction of sp³-hybridized carbons (Fsp3) is 0.368. The molecule has 1 N–H and O–H groups in total. The maximum Gasteiger partial charge on any atom is 0.0414 e. The van der Waals surface area contributed by atoms with Crippen molar-refractivity contribution in [2.24, 2.45) is 0 Å². The second-order valence-electron chi connectivity index (χ2n) is 5.47. The first-order chi connectivity index (χ1) is 10.2. The van der Waals surface area contributed by atoms with E-state index in [4.69, 9.17) is 0 Å². The predicted octanol–water partition coefficient (Wildman–Crippen LogP) is 4.89. The lowest BCUT2D eigenvalue weighted by Gasteiger charge is -2.20. The first kappa shape index (κ1) is 16.1. The summed E-state index contributed by atoms with van der Waals surface area (Å²) in [7, 11) is 0. The summed E-state index contributed by atoms with van der Waals surface area (Å²) >= 11 is 2.00. The van der Waals surface area contributed by atoms with Crippen LogP contribution in [0.25, 0.3) is 0 Å². The summed E-state index contributed by atoms with van der Waals surface area (Å²) in [5.41, 5.74) is 5.56. The Kier molecular flexibility index (Phi) is 6.34. The van der Waals surface area contributed by atoms with Gasteiger partial charge in [-0.15, -0.1) is 0 Å². The molecule has 0 aliphatic heterocycles. The molecule has 0 radical (unpaired) electrons. The first-order valence-electron chi connectivity index (χ1n) is 7.63. The standard InChI is InChI=1S/C19H25NS/c1-4-20-19(18-11-10-15(2)12-16(18)3)14-21-13-17-8-6-5-7-9-17/h5-12,19-20H,4,13-14H2,1-3H3. The molecule has 2 rings (SSSR count). The number of nitrogens with one attached hydrogen (secondary N) is 1. The van der Waals surface area contributed by atoms with Gasteiger partial charge in [0.2, 0.25) is 0 Å². The molecule has 0 aliphatic carbocycles. The molecule has 1 unspecified atom stereocenters. The quantitative estimate of drug-likeness (QED) is 0.781. The summed E-state index contributed by atoms with van der Waals surface area (Å²) in [5.74, 6) is 2.18. The molecule has 0 amide bonds. The van der Waals surface area contributed by atoms with Crippen LogP contribution >= 0.6 is 11.8 Å². The van der Waals surface area contributed by atoms with E-state index in [1.165, 1.54) is 22.3 Å². The highest BCUT2D eigenvalue weighted by Gasteiger charge is 2.12. The van der Waals surface area contributed by atoms with Crippen LogP contribution in [0.5, 0.6) is 0 Å². The van der Waals surface area contributed by atoms with E-state index < -0.39 is 0 Å². The topological polar surface area (TPSA) is 12.0 Å². The Bertz CT molecular complexity index is 551. The van der Waals surface area contributed by atoms with Gasteiger partial charge in [-0.2, -0.15) is 11.8 Å². The van der Waals surface area contributed by atoms with Crippen LogP contribution in [0.15, 0.2) is 48.5 Å². The normalized spacial score (nSPS) is 12.3. The van der Waals surface area contributed by atoms with Crippen LogP contribution in [0.1, 0.15) is 35.2 Å². The molecule has 0 aromatic heterocycles. The molecule has 2 heteroatoms. The summed E-state index contributed by atoms with van der Waals surface area (Å²) < 4.78 is 0. The summed E-state index contributed by atoms with van der Waals surface area (Å²) in [6.45, 7) is 7.56. The van der Waals surface area contributed by atoms with Crippen molar-refractivity contribution in [1.82, 2.24) is 5.32 Å². The third-order valence-electron chi connectivity index (χ3n) is 3.65. The SMILES string of the molecule is CCNC(CSCc1ccccc1)c1ccc(C)cc1C. The van der Waals surface area contributed by atoms with E-state index in [1.54, 1.807) is 0 Å². The minimum atomic E-state index is 0.435. The molecule has 0 aliphatic rings. The van der Waals surface area contributed by atoms with Crippen LogP contribution in [-0.2, 0) is 5.75 Å². The number of thioether (sulfide) groups is 1. The Labute approximate surface area is 133 Å². The van der Waals surface area contributed by atoms with Gasteiger partial charge in [0.1, 0.15) is 0 Å². The van der Waals surface area contributed by atoms with Crippen molar-refractivity contribution < 1.29 is 0 Å². The van der Waals surface area contributed by atoms with Crippen LogP contribution in [-0.4, -0.2) is 12.3 Å². The van der Waals surface area contributed by atoms with E-state index >= 15 is 0 Å². The zero-order chi connectivity index (χ0) is 15.1. The van der Waals surface area contributed by atoms with Crippen molar-refractivity contribution in [3.63, 3.8) is 0 Å². The van der Waals surface area contributed by atoms with Crippen molar-refractivity contribution in [3.05, 3.63) is 70.8 Å². The Morgan fingerprint density at radius 2 is 1.81 bits per heavy atom. The van der Waals surface area contributed by atoms with Gasteiger partial charge in [-0.3, -0.25) is 0 Å². The number of hydrogen-bond acceptors (Lipinski definition) is 2. The second kappa shape index (κ2) is 8.26. The smallest absolute Gasteiger partial charge is 0.0414 e. The van der Waals surface area contributed by atoms with Crippen LogP contribution in [0.2, 0.25) is 0 Å². The lowest BCUT2D eigenvalue weighted by Crippen LogP contribution is -2.23. The minimum absolute atomic E-state index is 0.435. The van der Waals surface area contributed by atoms with Gasteiger partial charge in [0.05, 0.1) is 0 Å². The number of benzene rings is 2. The molecular formula is C19H25NS. The van der Waals surface area contributed by atoms with Crippen molar-refractivity contribution in [3.8, 4) is 0 Å². The Hall–Kier alpha value is -1.25. The van der Waals surface area contributed by atoms with E-state index in [0.717, 1.165) is 18.1 Å². The second-order valence-corrected chi connectivity index (χ2v) is 6.50. The van der Waals surface area contributed by atoms with Crippen molar-refractivity contribution in [1.29, 1.82) is 0 Å². The highest BCUT2D eigenvalue weighted by molar-refractivity contribution is 7.98. The molecule has 0 saturated heterocycles. The maximum atomic E-state index is 3.62. The number of rotatable bonds is 7. The average molecular weight is 299 g/mol.